The van der Waals surface area contributed by atoms with Gasteiger partial charge in [0.15, 0.2) is 0 Å². The maximum atomic E-state index is 12.4. The van der Waals surface area contributed by atoms with Crippen LogP contribution in [0.15, 0.2) is 0 Å². The number of rotatable bonds is 7. The van der Waals surface area contributed by atoms with Gasteiger partial charge in [-0.15, -0.1) is 0 Å². The first kappa shape index (κ1) is 15.9. The van der Waals surface area contributed by atoms with Gasteiger partial charge in [0, 0.05) is 32.0 Å². The van der Waals surface area contributed by atoms with Crippen LogP contribution in [0.2, 0.25) is 0 Å². The fourth-order valence-electron chi connectivity index (χ4n) is 3.50. The first-order valence-electron chi connectivity index (χ1n) is 8.13. The van der Waals surface area contributed by atoms with E-state index in [2.05, 4.69) is 6.92 Å². The molecule has 2 rings (SSSR count). The van der Waals surface area contributed by atoms with Gasteiger partial charge in [-0.2, -0.15) is 0 Å². The number of hydrogen-bond acceptors (Lipinski definition) is 4. The van der Waals surface area contributed by atoms with Crippen molar-refractivity contribution >= 4 is 5.78 Å². The van der Waals surface area contributed by atoms with Crippen LogP contribution in [-0.4, -0.2) is 37.7 Å². The standard InChI is InChI=1S/C16H29NO3/c1-2-13(5-8-17)3-4-15(18)14-6-9-20-16(11-14)7-10-19-12-16/h13-14H,2-12,17H2,1H3. The summed E-state index contributed by atoms with van der Waals surface area (Å²) in [6.07, 6.45) is 6.55. The highest BCUT2D eigenvalue weighted by Crippen LogP contribution is 2.36. The minimum atomic E-state index is -0.153. The number of hydrogen-bond donors (Lipinski definition) is 1. The van der Waals surface area contributed by atoms with E-state index < -0.39 is 0 Å². The second-order valence-electron chi connectivity index (χ2n) is 6.38. The van der Waals surface area contributed by atoms with E-state index in [1.807, 2.05) is 0 Å². The van der Waals surface area contributed by atoms with E-state index in [0.29, 0.717) is 31.3 Å². The highest BCUT2D eigenvalue weighted by Gasteiger charge is 2.42. The van der Waals surface area contributed by atoms with E-state index in [4.69, 9.17) is 15.2 Å². The molecule has 0 saturated carbocycles. The summed E-state index contributed by atoms with van der Waals surface area (Å²) < 4.78 is 11.4. The van der Waals surface area contributed by atoms with Crippen LogP contribution in [0.3, 0.4) is 0 Å². The van der Waals surface area contributed by atoms with Gasteiger partial charge in [-0.3, -0.25) is 4.79 Å². The van der Waals surface area contributed by atoms with Gasteiger partial charge in [-0.05, 0) is 38.1 Å². The average molecular weight is 283 g/mol. The van der Waals surface area contributed by atoms with Crippen LogP contribution in [0.5, 0.6) is 0 Å². The van der Waals surface area contributed by atoms with Crippen molar-refractivity contribution < 1.29 is 14.3 Å². The number of carbonyl (C=O) groups excluding carboxylic acids is 1. The Morgan fingerprint density at radius 3 is 2.90 bits per heavy atom. The van der Waals surface area contributed by atoms with Crippen molar-refractivity contribution in [1.29, 1.82) is 0 Å². The molecule has 2 aliphatic rings. The van der Waals surface area contributed by atoms with Crippen LogP contribution in [0.1, 0.15) is 51.9 Å². The van der Waals surface area contributed by atoms with Gasteiger partial charge >= 0.3 is 0 Å². The topological polar surface area (TPSA) is 61.6 Å². The molecule has 2 fully saturated rings. The Morgan fingerprint density at radius 2 is 2.25 bits per heavy atom. The SMILES string of the molecule is CCC(CCN)CCC(=O)C1CCOC2(CCOC2)C1. The quantitative estimate of drug-likeness (QED) is 0.779. The zero-order chi connectivity index (χ0) is 14.4. The van der Waals surface area contributed by atoms with Crippen LogP contribution in [0, 0.1) is 11.8 Å². The van der Waals surface area contributed by atoms with Crippen molar-refractivity contribution in [2.24, 2.45) is 17.6 Å². The minimum absolute atomic E-state index is 0.153. The monoisotopic (exact) mass is 283 g/mol. The average Bonchev–Trinajstić information content (AvgIpc) is 2.91. The fourth-order valence-corrected chi connectivity index (χ4v) is 3.50. The van der Waals surface area contributed by atoms with Crippen molar-refractivity contribution in [3.8, 4) is 0 Å². The smallest absolute Gasteiger partial charge is 0.136 e. The lowest BCUT2D eigenvalue weighted by Gasteiger charge is -2.36. The summed E-state index contributed by atoms with van der Waals surface area (Å²) in [6.45, 7) is 5.06. The molecular weight excluding hydrogens is 254 g/mol. The highest BCUT2D eigenvalue weighted by atomic mass is 16.6. The maximum absolute atomic E-state index is 12.4. The number of nitrogens with two attached hydrogens (primary N) is 1. The lowest BCUT2D eigenvalue weighted by Crippen LogP contribution is -2.42. The Morgan fingerprint density at radius 1 is 1.40 bits per heavy atom. The van der Waals surface area contributed by atoms with Gasteiger partial charge in [0.05, 0.1) is 12.2 Å². The Labute approximate surface area is 122 Å². The van der Waals surface area contributed by atoms with Crippen molar-refractivity contribution in [3.05, 3.63) is 0 Å². The molecule has 20 heavy (non-hydrogen) atoms. The largest absolute Gasteiger partial charge is 0.378 e. The summed E-state index contributed by atoms with van der Waals surface area (Å²) >= 11 is 0. The zero-order valence-electron chi connectivity index (χ0n) is 12.7. The molecule has 0 aromatic rings. The van der Waals surface area contributed by atoms with Gasteiger partial charge in [0.1, 0.15) is 5.78 Å². The second-order valence-corrected chi connectivity index (χ2v) is 6.38. The predicted molar refractivity (Wildman–Crippen MR) is 78.5 cm³/mol. The zero-order valence-corrected chi connectivity index (χ0v) is 12.7. The lowest BCUT2D eigenvalue weighted by atomic mass is 9.81. The molecule has 2 saturated heterocycles. The number of ketones is 1. The normalized spacial score (nSPS) is 31.6. The first-order valence-corrected chi connectivity index (χ1v) is 8.13. The predicted octanol–water partition coefficient (Wildman–Crippen LogP) is 2.30. The summed E-state index contributed by atoms with van der Waals surface area (Å²) in [5, 5.41) is 0. The third-order valence-corrected chi connectivity index (χ3v) is 4.97. The molecule has 2 aliphatic heterocycles. The van der Waals surface area contributed by atoms with Crippen molar-refractivity contribution in [2.45, 2.75) is 57.5 Å². The lowest BCUT2D eigenvalue weighted by molar-refractivity contribution is -0.137. The Kier molecular flexibility index (Phi) is 6.00. The Hall–Kier alpha value is -0.450. The molecule has 0 aromatic heterocycles. The molecule has 116 valence electrons. The third-order valence-electron chi connectivity index (χ3n) is 4.97. The molecule has 0 aromatic carbocycles. The summed E-state index contributed by atoms with van der Waals surface area (Å²) in [5.74, 6) is 1.21. The molecule has 0 bridgehead atoms. The van der Waals surface area contributed by atoms with E-state index in [9.17, 15) is 4.79 Å². The second kappa shape index (κ2) is 7.53. The van der Waals surface area contributed by atoms with E-state index in [1.165, 1.54) is 0 Å². The van der Waals surface area contributed by atoms with Gasteiger partial charge in [0.2, 0.25) is 0 Å². The summed E-state index contributed by atoms with van der Waals surface area (Å²) in [4.78, 5) is 12.4. The Bertz CT molecular complexity index is 313. The van der Waals surface area contributed by atoms with Crippen LogP contribution in [0.25, 0.3) is 0 Å². The molecule has 0 radical (unpaired) electrons. The van der Waals surface area contributed by atoms with Gasteiger partial charge in [0.25, 0.3) is 0 Å². The van der Waals surface area contributed by atoms with Gasteiger partial charge in [-0.1, -0.05) is 13.3 Å². The first-order chi connectivity index (χ1) is 9.69. The van der Waals surface area contributed by atoms with Crippen LogP contribution >= 0.6 is 0 Å². The number of carbonyl (C=O) groups is 1. The van der Waals surface area contributed by atoms with Crippen molar-refractivity contribution in [1.82, 2.24) is 0 Å². The molecule has 0 aliphatic carbocycles. The van der Waals surface area contributed by atoms with Crippen LogP contribution in [-0.2, 0) is 14.3 Å². The maximum Gasteiger partial charge on any atom is 0.136 e. The molecular formula is C16H29NO3. The third kappa shape index (κ3) is 4.03. The van der Waals surface area contributed by atoms with E-state index >= 15 is 0 Å². The number of Topliss-reactive ketones (excluding diaryl/α,β-unsaturated/α-hetero) is 1. The van der Waals surface area contributed by atoms with E-state index in [-0.39, 0.29) is 11.5 Å². The molecule has 0 amide bonds. The van der Waals surface area contributed by atoms with E-state index in [1.54, 1.807) is 0 Å². The summed E-state index contributed by atoms with van der Waals surface area (Å²) in [6, 6.07) is 0. The molecule has 4 nitrogen and oxygen atoms in total. The molecule has 2 heterocycles. The van der Waals surface area contributed by atoms with Crippen molar-refractivity contribution in [3.63, 3.8) is 0 Å². The summed E-state index contributed by atoms with van der Waals surface area (Å²) in [7, 11) is 0. The van der Waals surface area contributed by atoms with Gasteiger partial charge < -0.3 is 15.2 Å². The van der Waals surface area contributed by atoms with Crippen molar-refractivity contribution in [2.75, 3.05) is 26.4 Å². The Balaban J connectivity index is 1.79. The minimum Gasteiger partial charge on any atom is -0.378 e. The molecule has 3 unspecified atom stereocenters. The molecule has 1 spiro atoms. The number of ether oxygens (including phenoxy) is 2. The summed E-state index contributed by atoms with van der Waals surface area (Å²) in [5.41, 5.74) is 5.46. The van der Waals surface area contributed by atoms with Crippen LogP contribution < -0.4 is 5.73 Å². The molecule has 3 atom stereocenters. The molecule has 4 heteroatoms. The fraction of sp³-hybridized carbons (Fsp3) is 0.938. The highest BCUT2D eigenvalue weighted by molar-refractivity contribution is 5.81. The van der Waals surface area contributed by atoms with E-state index in [0.717, 1.165) is 51.7 Å². The van der Waals surface area contributed by atoms with Crippen LogP contribution in [0.4, 0.5) is 0 Å². The van der Waals surface area contributed by atoms with Gasteiger partial charge in [-0.25, -0.2) is 0 Å². The molecule has 2 N–H and O–H groups in total.